The van der Waals surface area contributed by atoms with Crippen molar-refractivity contribution >= 4 is 11.6 Å². The second-order valence-electron chi connectivity index (χ2n) is 5.47. The zero-order valence-corrected chi connectivity index (χ0v) is 12.4. The summed E-state index contributed by atoms with van der Waals surface area (Å²) in [7, 11) is 0. The summed E-state index contributed by atoms with van der Waals surface area (Å²) in [5.74, 6) is 0. The highest BCUT2D eigenvalue weighted by Crippen LogP contribution is 2.24. The fraction of sp³-hybridized carbons (Fsp3) is 0.438. The van der Waals surface area contributed by atoms with E-state index in [4.69, 9.17) is 11.6 Å². The van der Waals surface area contributed by atoms with Crippen molar-refractivity contribution in [1.29, 1.82) is 0 Å². The summed E-state index contributed by atoms with van der Waals surface area (Å²) in [6.07, 6.45) is 7.31. The monoisotopic (exact) mass is 289 g/mol. The molecule has 1 aliphatic heterocycles. The predicted molar refractivity (Wildman–Crippen MR) is 82.8 cm³/mol. The molecule has 0 atom stereocenters. The normalized spacial score (nSPS) is 17.1. The lowest BCUT2D eigenvalue weighted by Gasteiger charge is -2.19. The van der Waals surface area contributed by atoms with Gasteiger partial charge >= 0.3 is 0 Å². The Bertz CT molecular complexity index is 539. The van der Waals surface area contributed by atoms with Crippen LogP contribution in [0.5, 0.6) is 0 Å². The molecule has 1 N–H and O–H groups in total. The van der Waals surface area contributed by atoms with Crippen LogP contribution >= 0.6 is 11.6 Å². The quantitative estimate of drug-likeness (QED) is 0.922. The molecule has 1 fully saturated rings. The van der Waals surface area contributed by atoms with Gasteiger partial charge in [-0.05, 0) is 43.6 Å². The van der Waals surface area contributed by atoms with Crippen LogP contribution in [0.2, 0.25) is 5.02 Å². The third-order valence-electron chi connectivity index (χ3n) is 3.94. The average Bonchev–Trinajstić information content (AvgIpc) is 2.75. The van der Waals surface area contributed by atoms with Crippen molar-refractivity contribution in [2.24, 2.45) is 0 Å². The number of likely N-dealkylation sites (tertiary alicyclic amines) is 1. The average molecular weight is 290 g/mol. The fourth-order valence-electron chi connectivity index (χ4n) is 2.83. The SMILES string of the molecule is Clc1ccc(-c2[nH]ncc2CN2CCCCCC2)cc1. The number of aromatic nitrogens is 2. The van der Waals surface area contributed by atoms with Gasteiger partial charge in [0, 0.05) is 17.1 Å². The van der Waals surface area contributed by atoms with Crippen molar-refractivity contribution in [1.82, 2.24) is 15.1 Å². The van der Waals surface area contributed by atoms with Gasteiger partial charge < -0.3 is 0 Å². The van der Waals surface area contributed by atoms with E-state index in [1.54, 1.807) is 0 Å². The van der Waals surface area contributed by atoms with Crippen molar-refractivity contribution in [2.45, 2.75) is 32.2 Å². The zero-order valence-electron chi connectivity index (χ0n) is 11.6. The van der Waals surface area contributed by atoms with Crippen LogP contribution in [0.15, 0.2) is 30.5 Å². The van der Waals surface area contributed by atoms with E-state index in [2.05, 4.69) is 15.1 Å². The van der Waals surface area contributed by atoms with E-state index < -0.39 is 0 Å². The van der Waals surface area contributed by atoms with Crippen LogP contribution in [0.1, 0.15) is 31.2 Å². The van der Waals surface area contributed by atoms with Gasteiger partial charge in [-0.2, -0.15) is 5.10 Å². The van der Waals surface area contributed by atoms with Crippen molar-refractivity contribution in [3.8, 4) is 11.3 Å². The lowest BCUT2D eigenvalue weighted by atomic mass is 10.1. The molecule has 4 heteroatoms. The van der Waals surface area contributed by atoms with E-state index in [1.807, 2.05) is 30.5 Å². The first-order valence-electron chi connectivity index (χ1n) is 7.33. The summed E-state index contributed by atoms with van der Waals surface area (Å²) in [6, 6.07) is 7.93. The molecule has 0 amide bonds. The van der Waals surface area contributed by atoms with Crippen molar-refractivity contribution < 1.29 is 0 Å². The minimum Gasteiger partial charge on any atom is -0.299 e. The summed E-state index contributed by atoms with van der Waals surface area (Å²) in [5, 5.41) is 8.12. The Hall–Kier alpha value is -1.32. The first kappa shape index (κ1) is 13.7. The molecule has 106 valence electrons. The van der Waals surface area contributed by atoms with Gasteiger partial charge in [0.15, 0.2) is 0 Å². The Morgan fingerprint density at radius 1 is 1.05 bits per heavy atom. The highest BCUT2D eigenvalue weighted by molar-refractivity contribution is 6.30. The van der Waals surface area contributed by atoms with E-state index >= 15 is 0 Å². The fourth-order valence-corrected chi connectivity index (χ4v) is 2.96. The van der Waals surface area contributed by atoms with Crippen molar-refractivity contribution in [2.75, 3.05) is 13.1 Å². The molecule has 1 aromatic carbocycles. The van der Waals surface area contributed by atoms with E-state index in [0.717, 1.165) is 22.8 Å². The number of nitrogens with zero attached hydrogens (tertiary/aromatic N) is 2. The smallest absolute Gasteiger partial charge is 0.0695 e. The molecule has 1 saturated heterocycles. The summed E-state index contributed by atoms with van der Waals surface area (Å²) in [5.41, 5.74) is 3.54. The molecule has 3 rings (SSSR count). The van der Waals surface area contributed by atoms with Crippen LogP contribution in [0.25, 0.3) is 11.3 Å². The summed E-state index contributed by atoms with van der Waals surface area (Å²) >= 11 is 5.95. The maximum absolute atomic E-state index is 5.95. The van der Waals surface area contributed by atoms with Gasteiger partial charge in [0.1, 0.15) is 0 Å². The number of aromatic amines is 1. The predicted octanol–water partition coefficient (Wildman–Crippen LogP) is 4.11. The molecule has 0 spiro atoms. The Morgan fingerprint density at radius 3 is 2.45 bits per heavy atom. The number of rotatable bonds is 3. The van der Waals surface area contributed by atoms with Crippen LogP contribution in [-0.4, -0.2) is 28.2 Å². The van der Waals surface area contributed by atoms with E-state index in [-0.39, 0.29) is 0 Å². The van der Waals surface area contributed by atoms with Gasteiger partial charge in [0.2, 0.25) is 0 Å². The third-order valence-corrected chi connectivity index (χ3v) is 4.20. The van der Waals surface area contributed by atoms with Gasteiger partial charge in [-0.1, -0.05) is 36.6 Å². The van der Waals surface area contributed by atoms with Gasteiger partial charge in [-0.25, -0.2) is 0 Å². The van der Waals surface area contributed by atoms with Crippen LogP contribution < -0.4 is 0 Å². The van der Waals surface area contributed by atoms with Crippen LogP contribution in [-0.2, 0) is 6.54 Å². The van der Waals surface area contributed by atoms with Crippen molar-refractivity contribution in [3.63, 3.8) is 0 Å². The molecule has 0 saturated carbocycles. The standard InChI is InChI=1S/C16H20ClN3/c17-15-7-5-13(6-8-15)16-14(11-18-19-16)12-20-9-3-1-2-4-10-20/h5-8,11H,1-4,9-10,12H2,(H,18,19). The number of hydrogen-bond acceptors (Lipinski definition) is 2. The molecule has 0 radical (unpaired) electrons. The number of benzene rings is 1. The molecule has 0 aliphatic carbocycles. The van der Waals surface area contributed by atoms with Crippen LogP contribution in [0.4, 0.5) is 0 Å². The molecule has 3 nitrogen and oxygen atoms in total. The molecule has 1 aromatic heterocycles. The lowest BCUT2D eigenvalue weighted by Crippen LogP contribution is -2.24. The van der Waals surface area contributed by atoms with Gasteiger partial charge in [-0.3, -0.25) is 10.00 Å². The Kier molecular flexibility index (Phi) is 4.38. The minimum absolute atomic E-state index is 0.766. The molecule has 1 aliphatic rings. The molecule has 0 unspecified atom stereocenters. The highest BCUT2D eigenvalue weighted by atomic mass is 35.5. The topological polar surface area (TPSA) is 31.9 Å². The first-order chi connectivity index (χ1) is 9.83. The maximum atomic E-state index is 5.95. The second kappa shape index (κ2) is 6.42. The lowest BCUT2D eigenvalue weighted by molar-refractivity contribution is 0.277. The van der Waals surface area contributed by atoms with E-state index in [0.29, 0.717) is 0 Å². The summed E-state index contributed by atoms with van der Waals surface area (Å²) in [6.45, 7) is 3.38. The Labute approximate surface area is 124 Å². The number of H-pyrrole nitrogens is 1. The first-order valence-corrected chi connectivity index (χ1v) is 7.71. The van der Waals surface area contributed by atoms with Gasteiger partial charge in [0.05, 0.1) is 11.9 Å². The summed E-state index contributed by atoms with van der Waals surface area (Å²) < 4.78 is 0. The Morgan fingerprint density at radius 2 is 1.75 bits per heavy atom. The molecule has 2 aromatic rings. The van der Waals surface area contributed by atoms with Crippen LogP contribution in [0.3, 0.4) is 0 Å². The van der Waals surface area contributed by atoms with Crippen molar-refractivity contribution in [3.05, 3.63) is 41.0 Å². The molecular formula is C16H20ClN3. The number of hydrogen-bond donors (Lipinski definition) is 1. The van der Waals surface area contributed by atoms with E-state index in [9.17, 15) is 0 Å². The second-order valence-corrected chi connectivity index (χ2v) is 5.90. The summed E-state index contributed by atoms with van der Waals surface area (Å²) in [4.78, 5) is 2.54. The van der Waals surface area contributed by atoms with E-state index in [1.165, 1.54) is 44.3 Å². The van der Waals surface area contributed by atoms with Gasteiger partial charge in [0.25, 0.3) is 0 Å². The third kappa shape index (κ3) is 3.22. The largest absolute Gasteiger partial charge is 0.299 e. The Balaban J connectivity index is 1.77. The maximum Gasteiger partial charge on any atom is 0.0695 e. The number of halogens is 1. The van der Waals surface area contributed by atoms with Crippen LogP contribution in [0, 0.1) is 0 Å². The highest BCUT2D eigenvalue weighted by Gasteiger charge is 2.14. The molecule has 2 heterocycles. The minimum atomic E-state index is 0.766. The molecular weight excluding hydrogens is 270 g/mol. The molecule has 20 heavy (non-hydrogen) atoms. The zero-order chi connectivity index (χ0) is 13.8. The number of nitrogens with one attached hydrogen (secondary N) is 1. The van der Waals surface area contributed by atoms with Gasteiger partial charge in [-0.15, -0.1) is 0 Å². The molecule has 0 bridgehead atoms.